The predicted octanol–water partition coefficient (Wildman–Crippen LogP) is 3.47. The quantitative estimate of drug-likeness (QED) is 0.483. The Hall–Kier alpha value is -0.450. The highest BCUT2D eigenvalue weighted by molar-refractivity contribution is 9.09. The van der Waals surface area contributed by atoms with Gasteiger partial charge in [0, 0.05) is 10.6 Å². The molecule has 0 bridgehead atoms. The molecule has 1 unspecified atom stereocenters. The molecule has 0 aromatic heterocycles. The van der Waals surface area contributed by atoms with E-state index in [1.807, 2.05) is 31.2 Å². The van der Waals surface area contributed by atoms with Gasteiger partial charge in [-0.3, -0.25) is 0 Å². The summed E-state index contributed by atoms with van der Waals surface area (Å²) >= 11 is 9.06. The van der Waals surface area contributed by atoms with Gasteiger partial charge in [0.05, 0.1) is 4.83 Å². The summed E-state index contributed by atoms with van der Waals surface area (Å²) < 4.78 is 0. The van der Waals surface area contributed by atoms with Gasteiger partial charge in [-0.25, -0.2) is 0 Å². The zero-order chi connectivity index (χ0) is 8.97. The van der Waals surface area contributed by atoms with E-state index >= 15 is 0 Å². The van der Waals surface area contributed by atoms with Gasteiger partial charge in [0.1, 0.15) is 0 Å². The third kappa shape index (κ3) is 3.30. The van der Waals surface area contributed by atoms with Gasteiger partial charge in [0.25, 0.3) is 0 Å². The Morgan fingerprint density at radius 3 is 2.42 bits per heavy atom. The standard InChI is InChI=1S/C10H8BrCl/c1-8(11)2-3-9-4-6-10(12)7-5-9/h4-8H,1H3. The fourth-order valence-electron chi connectivity index (χ4n) is 0.716. The molecule has 12 heavy (non-hydrogen) atoms. The molecule has 1 aromatic carbocycles. The van der Waals surface area contributed by atoms with Crippen LogP contribution in [-0.4, -0.2) is 4.83 Å². The van der Waals surface area contributed by atoms with E-state index in [2.05, 4.69) is 27.8 Å². The number of alkyl halides is 1. The molecule has 0 saturated heterocycles. The number of hydrogen-bond donors (Lipinski definition) is 0. The lowest BCUT2D eigenvalue weighted by molar-refractivity contribution is 1.33. The zero-order valence-electron chi connectivity index (χ0n) is 6.64. The van der Waals surface area contributed by atoms with Gasteiger partial charge < -0.3 is 0 Å². The predicted molar refractivity (Wildman–Crippen MR) is 56.7 cm³/mol. The molecule has 0 heterocycles. The first-order valence-corrected chi connectivity index (χ1v) is 4.89. The third-order valence-corrected chi connectivity index (χ3v) is 1.74. The highest BCUT2D eigenvalue weighted by atomic mass is 79.9. The van der Waals surface area contributed by atoms with Gasteiger partial charge in [-0.1, -0.05) is 39.4 Å². The number of halogens is 2. The number of benzene rings is 1. The maximum atomic E-state index is 5.72. The Morgan fingerprint density at radius 1 is 1.33 bits per heavy atom. The Labute approximate surface area is 86.1 Å². The lowest BCUT2D eigenvalue weighted by Crippen LogP contribution is -1.81. The van der Waals surface area contributed by atoms with Crippen LogP contribution in [0.3, 0.4) is 0 Å². The van der Waals surface area contributed by atoms with Crippen LogP contribution in [0.25, 0.3) is 0 Å². The second-order valence-corrected chi connectivity index (χ2v) is 4.20. The summed E-state index contributed by atoms with van der Waals surface area (Å²) in [7, 11) is 0. The van der Waals surface area contributed by atoms with Crippen LogP contribution in [0.5, 0.6) is 0 Å². The molecule has 0 aliphatic carbocycles. The minimum absolute atomic E-state index is 0.230. The first-order valence-electron chi connectivity index (χ1n) is 3.59. The van der Waals surface area contributed by atoms with Gasteiger partial charge in [-0.05, 0) is 31.2 Å². The Balaban J connectivity index is 2.79. The van der Waals surface area contributed by atoms with Crippen LogP contribution in [0.15, 0.2) is 24.3 Å². The average Bonchev–Trinajstić information content (AvgIpc) is 2.03. The lowest BCUT2D eigenvalue weighted by Gasteiger charge is -1.90. The van der Waals surface area contributed by atoms with Crippen molar-refractivity contribution < 1.29 is 0 Å². The summed E-state index contributed by atoms with van der Waals surface area (Å²) in [6, 6.07) is 7.49. The summed E-state index contributed by atoms with van der Waals surface area (Å²) in [6.45, 7) is 1.99. The monoisotopic (exact) mass is 242 g/mol. The van der Waals surface area contributed by atoms with Crippen molar-refractivity contribution in [1.29, 1.82) is 0 Å². The molecule has 62 valence electrons. The van der Waals surface area contributed by atoms with Gasteiger partial charge >= 0.3 is 0 Å². The fourth-order valence-corrected chi connectivity index (χ4v) is 0.956. The number of hydrogen-bond acceptors (Lipinski definition) is 0. The molecule has 0 amide bonds. The first kappa shape index (κ1) is 9.64. The van der Waals surface area contributed by atoms with Crippen LogP contribution in [0.4, 0.5) is 0 Å². The molecule has 0 aliphatic rings. The van der Waals surface area contributed by atoms with Crippen LogP contribution < -0.4 is 0 Å². The van der Waals surface area contributed by atoms with E-state index in [-0.39, 0.29) is 4.83 Å². The number of rotatable bonds is 0. The average molecular weight is 244 g/mol. The normalized spacial score (nSPS) is 11.6. The second-order valence-electron chi connectivity index (χ2n) is 2.39. The summed E-state index contributed by atoms with van der Waals surface area (Å²) in [5.41, 5.74) is 0.991. The molecule has 0 N–H and O–H groups in total. The highest BCUT2D eigenvalue weighted by Crippen LogP contribution is 2.08. The van der Waals surface area contributed by atoms with Crippen molar-refractivity contribution in [3.05, 3.63) is 34.9 Å². The fraction of sp³-hybridized carbons (Fsp3) is 0.200. The van der Waals surface area contributed by atoms with Crippen molar-refractivity contribution in [3.8, 4) is 11.8 Å². The SMILES string of the molecule is CC(Br)C#Cc1ccc(Cl)cc1. The molecule has 0 fully saturated rings. The molecule has 0 radical (unpaired) electrons. The molecular formula is C10H8BrCl. The van der Waals surface area contributed by atoms with Crippen molar-refractivity contribution in [1.82, 2.24) is 0 Å². The van der Waals surface area contributed by atoms with Crippen LogP contribution in [-0.2, 0) is 0 Å². The van der Waals surface area contributed by atoms with Gasteiger partial charge in [0.15, 0.2) is 0 Å². The molecule has 0 saturated carbocycles. The topological polar surface area (TPSA) is 0 Å². The van der Waals surface area contributed by atoms with Gasteiger partial charge in [0.2, 0.25) is 0 Å². The summed E-state index contributed by atoms with van der Waals surface area (Å²) in [6.07, 6.45) is 0. The second kappa shape index (κ2) is 4.54. The Kier molecular flexibility index (Phi) is 3.65. The van der Waals surface area contributed by atoms with Crippen molar-refractivity contribution in [2.45, 2.75) is 11.8 Å². The molecule has 1 atom stereocenters. The van der Waals surface area contributed by atoms with E-state index in [0.29, 0.717) is 0 Å². The van der Waals surface area contributed by atoms with E-state index in [4.69, 9.17) is 11.6 Å². The maximum Gasteiger partial charge on any atom is 0.0730 e. The van der Waals surface area contributed by atoms with E-state index in [0.717, 1.165) is 10.6 Å². The van der Waals surface area contributed by atoms with Crippen LogP contribution in [0.1, 0.15) is 12.5 Å². The van der Waals surface area contributed by atoms with E-state index in [1.165, 1.54) is 0 Å². The molecule has 2 heteroatoms. The summed E-state index contributed by atoms with van der Waals surface area (Å²) in [5.74, 6) is 6.02. The maximum absolute atomic E-state index is 5.72. The van der Waals surface area contributed by atoms with Crippen molar-refractivity contribution in [3.63, 3.8) is 0 Å². The smallest absolute Gasteiger partial charge is 0.0730 e. The van der Waals surface area contributed by atoms with E-state index < -0.39 is 0 Å². The van der Waals surface area contributed by atoms with Crippen LogP contribution in [0, 0.1) is 11.8 Å². The minimum atomic E-state index is 0.230. The van der Waals surface area contributed by atoms with Crippen LogP contribution in [0.2, 0.25) is 5.02 Å². The largest absolute Gasteiger partial charge is 0.0843 e. The molecule has 0 nitrogen and oxygen atoms in total. The Bertz CT molecular complexity index is 303. The van der Waals surface area contributed by atoms with E-state index in [1.54, 1.807) is 0 Å². The van der Waals surface area contributed by atoms with Gasteiger partial charge in [-0.15, -0.1) is 0 Å². The molecular weight excluding hydrogens is 235 g/mol. The zero-order valence-corrected chi connectivity index (χ0v) is 8.98. The molecule has 0 spiro atoms. The highest BCUT2D eigenvalue weighted by Gasteiger charge is 1.88. The lowest BCUT2D eigenvalue weighted by atomic mass is 10.2. The van der Waals surface area contributed by atoms with Crippen LogP contribution >= 0.6 is 27.5 Å². The third-order valence-electron chi connectivity index (χ3n) is 1.26. The summed E-state index contributed by atoms with van der Waals surface area (Å²) in [4.78, 5) is 0.230. The molecule has 1 rings (SSSR count). The first-order chi connectivity index (χ1) is 5.68. The van der Waals surface area contributed by atoms with Crippen molar-refractivity contribution >= 4 is 27.5 Å². The molecule has 0 aliphatic heterocycles. The van der Waals surface area contributed by atoms with E-state index in [9.17, 15) is 0 Å². The Morgan fingerprint density at radius 2 is 1.92 bits per heavy atom. The van der Waals surface area contributed by atoms with Crippen molar-refractivity contribution in [2.24, 2.45) is 0 Å². The minimum Gasteiger partial charge on any atom is -0.0843 e. The van der Waals surface area contributed by atoms with Crippen molar-refractivity contribution in [2.75, 3.05) is 0 Å². The summed E-state index contributed by atoms with van der Waals surface area (Å²) in [5, 5.41) is 0.743. The molecule has 1 aromatic rings. The van der Waals surface area contributed by atoms with Gasteiger partial charge in [-0.2, -0.15) is 0 Å².